The Balaban J connectivity index is 1.13. The first-order valence-corrected chi connectivity index (χ1v) is 16.7. The standard InChI is InChI=1S/C35H47N9O4/c1-34(2,3)47-32(45)42-27-11-9-26(10-12-27)40-30-17-28(8-7-23(30)18-36)41-31-37-19-24(20-38-31)25-21-39-44(22-25)29-13-15-43(16-14-29)33(46)48-35(4,5)6/h7-8,17,19-22,26-27,29,40H,9-16H2,1-6H3,(H,42,45)(H,37,38,41). The predicted molar refractivity (Wildman–Crippen MR) is 183 cm³/mol. The second-order valence-corrected chi connectivity index (χ2v) is 14.5. The Morgan fingerprint density at radius 3 is 2.15 bits per heavy atom. The van der Waals surface area contributed by atoms with Crippen molar-refractivity contribution in [3.05, 3.63) is 48.5 Å². The molecule has 1 saturated carbocycles. The number of nitriles is 1. The normalized spacial score (nSPS) is 18.8. The second-order valence-electron chi connectivity index (χ2n) is 14.5. The zero-order valence-electron chi connectivity index (χ0n) is 28.7. The van der Waals surface area contributed by atoms with E-state index in [9.17, 15) is 14.9 Å². The Bertz CT molecular complexity index is 1600. The van der Waals surface area contributed by atoms with Crippen molar-refractivity contribution in [2.24, 2.45) is 0 Å². The Morgan fingerprint density at radius 1 is 0.875 bits per heavy atom. The van der Waals surface area contributed by atoms with E-state index < -0.39 is 11.2 Å². The number of piperidine rings is 1. The van der Waals surface area contributed by atoms with Crippen molar-refractivity contribution in [2.45, 2.75) is 109 Å². The van der Waals surface area contributed by atoms with Crippen LogP contribution in [0, 0.1) is 11.3 Å². The maximum Gasteiger partial charge on any atom is 0.410 e. The number of nitrogens with zero attached hydrogens (tertiary/aromatic N) is 6. The number of hydrogen-bond donors (Lipinski definition) is 3. The van der Waals surface area contributed by atoms with E-state index in [1.807, 2.05) is 70.8 Å². The average molecular weight is 658 g/mol. The summed E-state index contributed by atoms with van der Waals surface area (Å²) in [7, 11) is 0. The van der Waals surface area contributed by atoms with Gasteiger partial charge in [0.05, 0.1) is 23.5 Å². The molecular formula is C35H47N9O4. The number of nitrogens with one attached hydrogen (secondary N) is 3. The molecule has 13 nitrogen and oxygen atoms in total. The summed E-state index contributed by atoms with van der Waals surface area (Å²) in [4.78, 5) is 35.4. The van der Waals surface area contributed by atoms with E-state index in [2.05, 4.69) is 37.1 Å². The molecule has 0 spiro atoms. The van der Waals surface area contributed by atoms with E-state index in [-0.39, 0.29) is 30.3 Å². The molecule has 0 bridgehead atoms. The summed E-state index contributed by atoms with van der Waals surface area (Å²) in [5.74, 6) is 0.435. The van der Waals surface area contributed by atoms with Crippen LogP contribution in [0.15, 0.2) is 43.0 Å². The Labute approximate surface area is 282 Å². The van der Waals surface area contributed by atoms with Gasteiger partial charge in [0.15, 0.2) is 0 Å². The minimum absolute atomic E-state index is 0.0693. The van der Waals surface area contributed by atoms with Gasteiger partial charge in [-0.2, -0.15) is 10.4 Å². The number of aromatic nitrogens is 4. The molecule has 5 rings (SSSR count). The number of benzene rings is 1. The van der Waals surface area contributed by atoms with Crippen LogP contribution in [0.2, 0.25) is 0 Å². The Kier molecular flexibility index (Phi) is 10.4. The lowest BCUT2D eigenvalue weighted by atomic mass is 9.91. The number of alkyl carbamates (subject to hydrolysis) is 1. The number of hydrogen-bond acceptors (Lipinski definition) is 10. The molecular weight excluding hydrogens is 610 g/mol. The van der Waals surface area contributed by atoms with Crippen LogP contribution in [-0.4, -0.2) is 73.2 Å². The minimum atomic E-state index is -0.529. The van der Waals surface area contributed by atoms with Gasteiger partial charge >= 0.3 is 12.2 Å². The summed E-state index contributed by atoms with van der Waals surface area (Å²) in [5.41, 5.74) is 2.78. The SMILES string of the molecule is CC(C)(C)OC(=O)NC1CCC(Nc2cc(Nc3ncc(-c4cnn(C5CCN(C(=O)OC(C)(C)C)CC5)c4)cn3)ccc2C#N)CC1. The van der Waals surface area contributed by atoms with E-state index in [4.69, 9.17) is 9.47 Å². The molecule has 48 heavy (non-hydrogen) atoms. The van der Waals surface area contributed by atoms with Gasteiger partial charge in [-0.1, -0.05) is 0 Å². The molecule has 2 fully saturated rings. The molecule has 2 amide bonds. The number of likely N-dealkylation sites (tertiary alicyclic amines) is 1. The lowest BCUT2D eigenvalue weighted by Crippen LogP contribution is -2.42. The van der Waals surface area contributed by atoms with E-state index in [0.29, 0.717) is 24.6 Å². The maximum absolute atomic E-state index is 12.4. The highest BCUT2D eigenvalue weighted by molar-refractivity contribution is 5.70. The van der Waals surface area contributed by atoms with E-state index in [1.165, 1.54) is 0 Å². The Morgan fingerprint density at radius 2 is 1.52 bits per heavy atom. The lowest BCUT2D eigenvalue weighted by Gasteiger charge is -2.33. The van der Waals surface area contributed by atoms with Crippen LogP contribution in [0.4, 0.5) is 26.9 Å². The van der Waals surface area contributed by atoms with Crippen molar-refractivity contribution in [3.8, 4) is 17.2 Å². The van der Waals surface area contributed by atoms with Crippen molar-refractivity contribution in [3.63, 3.8) is 0 Å². The summed E-state index contributed by atoms with van der Waals surface area (Å²) < 4.78 is 12.9. The monoisotopic (exact) mass is 657 g/mol. The number of carbonyl (C=O) groups excluding carboxylic acids is 2. The predicted octanol–water partition coefficient (Wildman–Crippen LogP) is 6.78. The molecule has 2 aliphatic rings. The van der Waals surface area contributed by atoms with E-state index in [1.54, 1.807) is 23.4 Å². The lowest BCUT2D eigenvalue weighted by molar-refractivity contribution is 0.0184. The van der Waals surface area contributed by atoms with Crippen molar-refractivity contribution in [1.29, 1.82) is 5.26 Å². The van der Waals surface area contributed by atoms with Gasteiger partial charge in [-0.05, 0) is 98.3 Å². The van der Waals surface area contributed by atoms with Crippen molar-refractivity contribution < 1.29 is 19.1 Å². The number of amides is 2. The van der Waals surface area contributed by atoms with E-state index in [0.717, 1.165) is 61.0 Å². The van der Waals surface area contributed by atoms with Crippen LogP contribution in [-0.2, 0) is 9.47 Å². The van der Waals surface area contributed by atoms with Gasteiger partial charge in [0, 0.05) is 60.6 Å². The first kappa shape index (κ1) is 34.5. The zero-order valence-corrected chi connectivity index (χ0v) is 28.7. The van der Waals surface area contributed by atoms with E-state index >= 15 is 0 Å². The third-order valence-corrected chi connectivity index (χ3v) is 8.28. The van der Waals surface area contributed by atoms with Crippen LogP contribution in [0.1, 0.15) is 91.7 Å². The number of anilines is 3. The first-order chi connectivity index (χ1) is 22.7. The fourth-order valence-electron chi connectivity index (χ4n) is 5.91. The van der Waals surface area contributed by atoms with Gasteiger partial charge in [0.25, 0.3) is 0 Å². The molecule has 0 atom stereocenters. The van der Waals surface area contributed by atoms with Crippen LogP contribution in [0.25, 0.3) is 11.1 Å². The molecule has 1 aromatic carbocycles. The summed E-state index contributed by atoms with van der Waals surface area (Å²) in [6.07, 6.45) is 11.6. The smallest absolute Gasteiger partial charge is 0.410 e. The van der Waals surface area contributed by atoms with Crippen molar-refractivity contribution in [1.82, 2.24) is 30.0 Å². The summed E-state index contributed by atoms with van der Waals surface area (Å²) in [6.45, 7) is 12.4. The maximum atomic E-state index is 12.4. The van der Waals surface area contributed by atoms with Crippen molar-refractivity contribution >= 4 is 29.5 Å². The molecule has 13 heteroatoms. The Hall–Kier alpha value is -4.86. The summed E-state index contributed by atoms with van der Waals surface area (Å²) in [5, 5.41) is 24.1. The summed E-state index contributed by atoms with van der Waals surface area (Å²) in [6, 6.07) is 8.23. The molecule has 1 aliphatic heterocycles. The van der Waals surface area contributed by atoms with Gasteiger partial charge in [-0.15, -0.1) is 0 Å². The molecule has 2 aromatic heterocycles. The van der Waals surface area contributed by atoms with Gasteiger partial charge in [-0.3, -0.25) is 4.68 Å². The quantitative estimate of drug-likeness (QED) is 0.247. The van der Waals surface area contributed by atoms with Gasteiger partial charge < -0.3 is 30.3 Å². The topological polar surface area (TPSA) is 159 Å². The molecule has 3 aromatic rings. The van der Waals surface area contributed by atoms with Crippen LogP contribution >= 0.6 is 0 Å². The molecule has 0 radical (unpaired) electrons. The highest BCUT2D eigenvalue weighted by Gasteiger charge is 2.28. The zero-order chi connectivity index (χ0) is 34.5. The molecule has 3 N–H and O–H groups in total. The molecule has 1 aliphatic carbocycles. The van der Waals surface area contributed by atoms with Gasteiger partial charge in [-0.25, -0.2) is 19.6 Å². The molecule has 1 saturated heterocycles. The third kappa shape index (κ3) is 9.59. The van der Waals surface area contributed by atoms with Crippen LogP contribution < -0.4 is 16.0 Å². The highest BCUT2D eigenvalue weighted by atomic mass is 16.6. The minimum Gasteiger partial charge on any atom is -0.444 e. The van der Waals surface area contributed by atoms with Crippen LogP contribution in [0.5, 0.6) is 0 Å². The van der Waals surface area contributed by atoms with Crippen LogP contribution in [0.3, 0.4) is 0 Å². The highest BCUT2D eigenvalue weighted by Crippen LogP contribution is 2.29. The molecule has 0 unspecified atom stereocenters. The first-order valence-electron chi connectivity index (χ1n) is 16.7. The number of rotatable bonds is 7. The largest absolute Gasteiger partial charge is 0.444 e. The fourth-order valence-corrected chi connectivity index (χ4v) is 5.91. The van der Waals surface area contributed by atoms with Gasteiger partial charge in [0.1, 0.15) is 17.3 Å². The number of carbonyl (C=O) groups is 2. The summed E-state index contributed by atoms with van der Waals surface area (Å²) >= 11 is 0. The molecule has 256 valence electrons. The third-order valence-electron chi connectivity index (χ3n) is 8.28. The average Bonchev–Trinajstić information content (AvgIpc) is 3.51. The fraction of sp³-hybridized carbons (Fsp3) is 0.543. The number of ether oxygens (including phenoxy) is 2. The second kappa shape index (κ2) is 14.5. The van der Waals surface area contributed by atoms with Gasteiger partial charge in [0.2, 0.25) is 5.95 Å². The van der Waals surface area contributed by atoms with Crippen molar-refractivity contribution in [2.75, 3.05) is 23.7 Å². The molecule has 3 heterocycles.